The summed E-state index contributed by atoms with van der Waals surface area (Å²) in [5, 5.41) is 7.95. The van der Waals surface area contributed by atoms with Crippen molar-refractivity contribution in [2.45, 2.75) is 52.8 Å². The topological polar surface area (TPSA) is 39.1 Å². The molecule has 1 rings (SSSR count). The molecular weight excluding hydrogens is 226 g/mol. The number of hydrogen-bond acceptors (Lipinski definition) is 3. The number of methoxy groups -OCH3 is 1. The largest absolute Gasteiger partial charge is 0.379 e. The summed E-state index contributed by atoms with van der Waals surface area (Å²) in [4.78, 5) is 0. The summed E-state index contributed by atoms with van der Waals surface area (Å²) < 4.78 is 7.73. The monoisotopic (exact) mass is 253 g/mol. The van der Waals surface area contributed by atoms with E-state index >= 15 is 0 Å². The van der Waals surface area contributed by atoms with Crippen molar-refractivity contribution >= 4 is 0 Å². The molecule has 0 saturated carbocycles. The molecule has 1 aromatic heterocycles. The molecule has 0 aliphatic rings. The average molecular weight is 253 g/mol. The Morgan fingerprint density at radius 1 is 1.39 bits per heavy atom. The van der Waals surface area contributed by atoms with Crippen LogP contribution in [0.25, 0.3) is 0 Å². The molecule has 2 unspecified atom stereocenters. The van der Waals surface area contributed by atoms with E-state index in [9.17, 15) is 0 Å². The first kappa shape index (κ1) is 15.2. The summed E-state index contributed by atoms with van der Waals surface area (Å²) in [6.07, 6.45) is 3.15. The third-order valence-corrected chi connectivity index (χ3v) is 3.24. The molecule has 2 atom stereocenters. The van der Waals surface area contributed by atoms with Gasteiger partial charge in [0, 0.05) is 19.9 Å². The van der Waals surface area contributed by atoms with Crippen molar-refractivity contribution in [2.75, 3.05) is 13.7 Å². The highest BCUT2D eigenvalue weighted by Gasteiger charge is 2.27. The third-order valence-electron chi connectivity index (χ3n) is 3.24. The van der Waals surface area contributed by atoms with E-state index in [0.29, 0.717) is 5.92 Å². The second-order valence-corrected chi connectivity index (χ2v) is 4.95. The number of nitrogens with zero attached hydrogens (tertiary/aromatic N) is 2. The standard InChI is InChI=1S/C14H27N3O/c1-6-9-15-13(14(18-5)11(3)4)12-8-10-16-17(12)7-2/h8,10-11,13-15H,6-7,9H2,1-5H3. The summed E-state index contributed by atoms with van der Waals surface area (Å²) in [6.45, 7) is 10.6. The molecule has 0 amide bonds. The maximum atomic E-state index is 5.69. The molecule has 0 saturated heterocycles. The molecule has 18 heavy (non-hydrogen) atoms. The highest BCUT2D eigenvalue weighted by atomic mass is 16.5. The van der Waals surface area contributed by atoms with Crippen molar-refractivity contribution in [3.63, 3.8) is 0 Å². The van der Waals surface area contributed by atoms with Crippen LogP contribution in [-0.2, 0) is 11.3 Å². The zero-order valence-corrected chi connectivity index (χ0v) is 12.3. The Balaban J connectivity index is 2.96. The van der Waals surface area contributed by atoms with Crippen LogP contribution in [0.15, 0.2) is 12.3 Å². The third kappa shape index (κ3) is 3.56. The molecule has 0 radical (unpaired) electrons. The Hall–Kier alpha value is -0.870. The normalized spacial score (nSPS) is 15.0. The van der Waals surface area contributed by atoms with Gasteiger partial charge in [-0.3, -0.25) is 4.68 Å². The first-order chi connectivity index (χ1) is 8.65. The van der Waals surface area contributed by atoms with Crippen molar-refractivity contribution in [1.82, 2.24) is 15.1 Å². The van der Waals surface area contributed by atoms with Gasteiger partial charge in [-0.15, -0.1) is 0 Å². The molecule has 0 aliphatic heterocycles. The zero-order chi connectivity index (χ0) is 13.5. The molecule has 1 aromatic rings. The van der Waals surface area contributed by atoms with Crippen LogP contribution in [0, 0.1) is 5.92 Å². The predicted octanol–water partition coefficient (Wildman–Crippen LogP) is 2.61. The van der Waals surface area contributed by atoms with Gasteiger partial charge in [0.15, 0.2) is 0 Å². The quantitative estimate of drug-likeness (QED) is 0.774. The smallest absolute Gasteiger partial charge is 0.0804 e. The predicted molar refractivity (Wildman–Crippen MR) is 74.6 cm³/mol. The van der Waals surface area contributed by atoms with Crippen LogP contribution in [0.5, 0.6) is 0 Å². The maximum absolute atomic E-state index is 5.69. The van der Waals surface area contributed by atoms with Gasteiger partial charge in [0.25, 0.3) is 0 Å². The fourth-order valence-corrected chi connectivity index (χ4v) is 2.35. The first-order valence-electron chi connectivity index (χ1n) is 6.93. The number of nitrogens with one attached hydrogen (secondary N) is 1. The highest BCUT2D eigenvalue weighted by molar-refractivity contribution is 5.10. The average Bonchev–Trinajstić information content (AvgIpc) is 2.81. The molecule has 1 N–H and O–H groups in total. The molecule has 104 valence electrons. The molecule has 0 bridgehead atoms. The second kappa shape index (κ2) is 7.54. The van der Waals surface area contributed by atoms with Gasteiger partial charge in [-0.25, -0.2) is 0 Å². The Morgan fingerprint density at radius 3 is 2.61 bits per heavy atom. The molecule has 1 heterocycles. The van der Waals surface area contributed by atoms with E-state index in [1.807, 2.05) is 10.9 Å². The fourth-order valence-electron chi connectivity index (χ4n) is 2.35. The van der Waals surface area contributed by atoms with Crippen LogP contribution in [0.1, 0.15) is 45.9 Å². The highest BCUT2D eigenvalue weighted by Crippen LogP contribution is 2.24. The van der Waals surface area contributed by atoms with Gasteiger partial charge in [0.2, 0.25) is 0 Å². The Labute approximate surface area is 111 Å². The Bertz CT molecular complexity index is 336. The van der Waals surface area contributed by atoms with Crippen LogP contribution in [0.3, 0.4) is 0 Å². The van der Waals surface area contributed by atoms with Gasteiger partial charge in [0.1, 0.15) is 0 Å². The van der Waals surface area contributed by atoms with Gasteiger partial charge in [-0.1, -0.05) is 20.8 Å². The van der Waals surface area contributed by atoms with Gasteiger partial charge in [-0.2, -0.15) is 5.10 Å². The minimum absolute atomic E-state index is 0.165. The molecule has 0 aromatic carbocycles. The van der Waals surface area contributed by atoms with Crippen molar-refractivity contribution in [3.8, 4) is 0 Å². The van der Waals surface area contributed by atoms with Crippen molar-refractivity contribution in [3.05, 3.63) is 18.0 Å². The second-order valence-electron chi connectivity index (χ2n) is 4.95. The van der Waals surface area contributed by atoms with Gasteiger partial charge in [-0.05, 0) is 31.9 Å². The number of hydrogen-bond donors (Lipinski definition) is 1. The number of ether oxygens (including phenoxy) is 1. The van der Waals surface area contributed by atoms with E-state index in [-0.39, 0.29) is 12.1 Å². The lowest BCUT2D eigenvalue weighted by atomic mass is 9.96. The number of aryl methyl sites for hydroxylation is 1. The summed E-state index contributed by atoms with van der Waals surface area (Å²) in [7, 11) is 1.79. The lowest BCUT2D eigenvalue weighted by Gasteiger charge is -2.30. The molecule has 0 spiro atoms. The minimum atomic E-state index is 0.165. The van der Waals surface area contributed by atoms with Crippen LogP contribution in [0.2, 0.25) is 0 Å². The summed E-state index contributed by atoms with van der Waals surface area (Å²) in [5.74, 6) is 0.463. The van der Waals surface area contributed by atoms with Crippen molar-refractivity contribution < 1.29 is 4.74 Å². The fraction of sp³-hybridized carbons (Fsp3) is 0.786. The summed E-state index contributed by atoms with van der Waals surface area (Å²) in [5.41, 5.74) is 1.21. The zero-order valence-electron chi connectivity index (χ0n) is 12.3. The Morgan fingerprint density at radius 2 is 2.11 bits per heavy atom. The molecule has 0 aliphatic carbocycles. The Kier molecular flexibility index (Phi) is 6.36. The van der Waals surface area contributed by atoms with Crippen molar-refractivity contribution in [1.29, 1.82) is 0 Å². The molecule has 4 heteroatoms. The molecule has 4 nitrogen and oxygen atoms in total. The number of rotatable bonds is 8. The first-order valence-corrected chi connectivity index (χ1v) is 6.93. The maximum Gasteiger partial charge on any atom is 0.0804 e. The van der Waals surface area contributed by atoms with Crippen molar-refractivity contribution in [2.24, 2.45) is 5.92 Å². The van der Waals surface area contributed by atoms with E-state index in [4.69, 9.17) is 4.74 Å². The van der Waals surface area contributed by atoms with Crippen LogP contribution >= 0.6 is 0 Å². The van der Waals surface area contributed by atoms with E-state index in [2.05, 4.69) is 44.2 Å². The molecular formula is C14H27N3O. The lowest BCUT2D eigenvalue weighted by Crippen LogP contribution is -2.38. The lowest BCUT2D eigenvalue weighted by molar-refractivity contribution is 0.0302. The van der Waals surface area contributed by atoms with Gasteiger partial charge < -0.3 is 10.1 Å². The van der Waals surface area contributed by atoms with Crippen LogP contribution in [-0.4, -0.2) is 29.5 Å². The SMILES string of the molecule is CCCNC(c1ccnn1CC)C(OC)C(C)C. The van der Waals surface area contributed by atoms with E-state index in [1.54, 1.807) is 7.11 Å². The summed E-state index contributed by atoms with van der Waals surface area (Å²) in [6, 6.07) is 2.29. The van der Waals surface area contributed by atoms with E-state index in [1.165, 1.54) is 5.69 Å². The number of aromatic nitrogens is 2. The molecule has 0 fully saturated rings. The summed E-state index contributed by atoms with van der Waals surface area (Å²) >= 11 is 0. The van der Waals surface area contributed by atoms with E-state index in [0.717, 1.165) is 19.5 Å². The van der Waals surface area contributed by atoms with Gasteiger partial charge >= 0.3 is 0 Å². The minimum Gasteiger partial charge on any atom is -0.379 e. The van der Waals surface area contributed by atoms with E-state index < -0.39 is 0 Å². The van der Waals surface area contributed by atoms with Gasteiger partial charge in [0.05, 0.1) is 17.8 Å². The van der Waals surface area contributed by atoms with Crippen LogP contribution in [0.4, 0.5) is 0 Å². The van der Waals surface area contributed by atoms with Crippen LogP contribution < -0.4 is 5.32 Å².